The highest BCUT2D eigenvalue weighted by Gasteiger charge is 2.02. The van der Waals surface area contributed by atoms with E-state index in [0.29, 0.717) is 5.57 Å². The Morgan fingerprint density at radius 2 is 1.71 bits per heavy atom. The van der Waals surface area contributed by atoms with Gasteiger partial charge in [0.25, 0.3) is 0 Å². The van der Waals surface area contributed by atoms with Crippen molar-refractivity contribution in [2.75, 3.05) is 6.61 Å². The average Bonchev–Trinajstić information content (AvgIpc) is 2.13. The molecule has 0 heterocycles. The van der Waals surface area contributed by atoms with Gasteiger partial charge >= 0.3 is 5.97 Å². The van der Waals surface area contributed by atoms with Gasteiger partial charge in [-0.25, -0.2) is 4.79 Å². The van der Waals surface area contributed by atoms with Gasteiger partial charge in [-0.1, -0.05) is 5.57 Å². The fourth-order valence-corrected chi connectivity index (χ4v) is 0.596. The first-order chi connectivity index (χ1) is 6.49. The van der Waals surface area contributed by atoms with Crippen molar-refractivity contribution in [3.63, 3.8) is 0 Å². The van der Waals surface area contributed by atoms with E-state index in [4.69, 9.17) is 0 Å². The lowest BCUT2D eigenvalue weighted by Crippen LogP contribution is -2.02. The van der Waals surface area contributed by atoms with Gasteiger partial charge < -0.3 is 4.74 Å². The van der Waals surface area contributed by atoms with Crippen molar-refractivity contribution in [3.05, 3.63) is 11.1 Å². The van der Waals surface area contributed by atoms with Crippen molar-refractivity contribution in [2.45, 2.75) is 27.7 Å². The molecule has 0 spiro atoms. The van der Waals surface area contributed by atoms with Crippen LogP contribution in [0.25, 0.3) is 0 Å². The summed E-state index contributed by atoms with van der Waals surface area (Å²) in [6.07, 6.45) is 0. The maximum absolute atomic E-state index is 11.3. The minimum absolute atomic E-state index is 0.267. The minimum atomic E-state index is -0.664. The van der Waals surface area contributed by atoms with E-state index in [1.165, 1.54) is 0 Å². The van der Waals surface area contributed by atoms with Gasteiger partial charge in [0, 0.05) is 11.5 Å². The fourth-order valence-electron chi connectivity index (χ4n) is 0.596. The third kappa shape index (κ3) is 4.46. The molecule has 0 bridgehead atoms. The van der Waals surface area contributed by atoms with E-state index in [1.54, 1.807) is 13.8 Å². The number of rotatable bonds is 2. The maximum Gasteiger partial charge on any atom is 0.384 e. The molecule has 0 saturated heterocycles. The smallest absolute Gasteiger partial charge is 0.384 e. The van der Waals surface area contributed by atoms with Crippen LogP contribution in [0, 0.1) is 11.8 Å². The molecule has 0 aromatic heterocycles. The molecule has 76 valence electrons. The van der Waals surface area contributed by atoms with Crippen LogP contribution in [0.5, 0.6) is 0 Å². The summed E-state index contributed by atoms with van der Waals surface area (Å²) in [6, 6.07) is 0. The van der Waals surface area contributed by atoms with Crippen LogP contribution in [0.2, 0.25) is 0 Å². The zero-order chi connectivity index (χ0) is 11.1. The normalized spacial score (nSPS) is 8.29. The number of hydrogen-bond donors (Lipinski definition) is 0. The molecule has 3 nitrogen and oxygen atoms in total. The Bertz CT molecular complexity index is 322. The highest BCUT2D eigenvalue weighted by Crippen LogP contribution is 2.01. The third-order valence-electron chi connectivity index (χ3n) is 1.64. The molecule has 0 aromatic rings. The molecule has 14 heavy (non-hydrogen) atoms. The monoisotopic (exact) mass is 194 g/mol. The lowest BCUT2D eigenvalue weighted by Gasteiger charge is -1.95. The summed E-state index contributed by atoms with van der Waals surface area (Å²) in [4.78, 5) is 22.0. The van der Waals surface area contributed by atoms with Gasteiger partial charge in [-0.05, 0) is 33.6 Å². The second-order valence-corrected chi connectivity index (χ2v) is 2.92. The zero-order valence-corrected chi connectivity index (χ0v) is 8.93. The minimum Gasteiger partial charge on any atom is -0.456 e. The Morgan fingerprint density at radius 3 is 2.14 bits per heavy atom. The molecular weight excluding hydrogens is 180 g/mol. The molecule has 0 unspecified atom stereocenters. The molecule has 0 amide bonds. The third-order valence-corrected chi connectivity index (χ3v) is 1.64. The Balaban J connectivity index is 4.47. The number of Topliss-reactive ketones (excluding diaryl/α,β-unsaturated/α-hetero) is 1. The molecule has 0 atom stereocenters. The van der Waals surface area contributed by atoms with Gasteiger partial charge in [0.2, 0.25) is 5.78 Å². The van der Waals surface area contributed by atoms with Crippen LogP contribution in [-0.2, 0) is 14.3 Å². The quantitative estimate of drug-likeness (QED) is 0.220. The molecule has 0 aromatic carbocycles. The predicted molar refractivity (Wildman–Crippen MR) is 53.5 cm³/mol. The van der Waals surface area contributed by atoms with E-state index in [9.17, 15) is 9.59 Å². The molecule has 0 aliphatic heterocycles. The highest BCUT2D eigenvalue weighted by molar-refractivity contribution is 6.11. The van der Waals surface area contributed by atoms with E-state index >= 15 is 0 Å². The summed E-state index contributed by atoms with van der Waals surface area (Å²) in [5.74, 6) is 3.35. The van der Waals surface area contributed by atoms with Gasteiger partial charge in [0.05, 0.1) is 6.61 Å². The number of carbonyl (C=O) groups is 2. The molecular formula is C11H14O3. The first kappa shape index (κ1) is 12.4. The van der Waals surface area contributed by atoms with Crippen LogP contribution in [0.3, 0.4) is 0 Å². The first-order valence-electron chi connectivity index (χ1n) is 4.36. The Labute approximate surface area is 84.1 Å². The van der Waals surface area contributed by atoms with Gasteiger partial charge in [-0.3, -0.25) is 4.79 Å². The van der Waals surface area contributed by atoms with Gasteiger partial charge in [-0.15, -0.1) is 0 Å². The van der Waals surface area contributed by atoms with E-state index in [2.05, 4.69) is 16.6 Å². The highest BCUT2D eigenvalue weighted by atomic mass is 16.5. The second-order valence-electron chi connectivity index (χ2n) is 2.92. The van der Waals surface area contributed by atoms with E-state index < -0.39 is 5.97 Å². The summed E-state index contributed by atoms with van der Waals surface area (Å²) in [5.41, 5.74) is 1.47. The molecule has 0 rings (SSSR count). The van der Waals surface area contributed by atoms with Crippen LogP contribution in [-0.4, -0.2) is 18.4 Å². The van der Waals surface area contributed by atoms with Crippen LogP contribution in [0.1, 0.15) is 27.7 Å². The molecule has 0 radical (unpaired) electrons. The standard InChI is InChI=1S/C11H14O3/c1-5-14-11(13)7-6-10(12)9(4)8(2)3/h5H2,1-4H3. The molecule has 0 N–H and O–H groups in total. The summed E-state index contributed by atoms with van der Waals surface area (Å²) >= 11 is 0. The van der Waals surface area contributed by atoms with Crippen molar-refractivity contribution >= 4 is 11.8 Å². The Morgan fingerprint density at radius 1 is 1.14 bits per heavy atom. The summed E-state index contributed by atoms with van der Waals surface area (Å²) in [6.45, 7) is 7.27. The maximum atomic E-state index is 11.3. The molecule has 0 aliphatic rings. The van der Waals surface area contributed by atoms with Crippen molar-refractivity contribution in [1.29, 1.82) is 0 Å². The Hall–Kier alpha value is -1.56. The van der Waals surface area contributed by atoms with Crippen LogP contribution < -0.4 is 0 Å². The van der Waals surface area contributed by atoms with E-state index in [1.807, 2.05) is 13.8 Å². The van der Waals surface area contributed by atoms with Crippen LogP contribution in [0.4, 0.5) is 0 Å². The zero-order valence-electron chi connectivity index (χ0n) is 8.93. The molecule has 0 fully saturated rings. The lowest BCUT2D eigenvalue weighted by molar-refractivity contribution is -0.136. The lowest BCUT2D eigenvalue weighted by atomic mass is 10.1. The SMILES string of the molecule is CCOC(=O)C#CC(=O)C(C)=C(C)C. The Kier molecular flexibility index (Phi) is 5.31. The first-order valence-corrected chi connectivity index (χ1v) is 4.36. The van der Waals surface area contributed by atoms with Crippen molar-refractivity contribution in [1.82, 2.24) is 0 Å². The van der Waals surface area contributed by atoms with Crippen molar-refractivity contribution in [3.8, 4) is 11.8 Å². The van der Waals surface area contributed by atoms with Crippen molar-refractivity contribution in [2.24, 2.45) is 0 Å². The van der Waals surface area contributed by atoms with Gasteiger partial charge in [0.1, 0.15) is 0 Å². The number of allylic oxidation sites excluding steroid dienone is 2. The van der Waals surface area contributed by atoms with E-state index in [-0.39, 0.29) is 12.4 Å². The largest absolute Gasteiger partial charge is 0.456 e. The summed E-state index contributed by atoms with van der Waals surface area (Å²) in [5, 5.41) is 0. The van der Waals surface area contributed by atoms with E-state index in [0.717, 1.165) is 5.57 Å². The molecule has 0 saturated carbocycles. The number of ketones is 1. The van der Waals surface area contributed by atoms with Crippen LogP contribution in [0.15, 0.2) is 11.1 Å². The van der Waals surface area contributed by atoms with Gasteiger partial charge in [0.15, 0.2) is 0 Å². The molecule has 0 aliphatic carbocycles. The van der Waals surface area contributed by atoms with Crippen molar-refractivity contribution < 1.29 is 14.3 Å². The summed E-state index contributed by atoms with van der Waals surface area (Å²) in [7, 11) is 0. The number of ether oxygens (including phenoxy) is 1. The van der Waals surface area contributed by atoms with Gasteiger partial charge in [-0.2, -0.15) is 0 Å². The topological polar surface area (TPSA) is 43.4 Å². The number of esters is 1. The van der Waals surface area contributed by atoms with Crippen LogP contribution >= 0.6 is 0 Å². The number of hydrogen-bond acceptors (Lipinski definition) is 3. The predicted octanol–water partition coefficient (Wildman–Crippen LogP) is 1.48. The average molecular weight is 194 g/mol. The number of carbonyl (C=O) groups excluding carboxylic acids is 2. The summed E-state index contributed by atoms with van der Waals surface area (Å²) < 4.78 is 4.55. The second kappa shape index (κ2) is 5.98. The molecule has 3 heteroatoms. The fraction of sp³-hybridized carbons (Fsp3) is 0.455.